The van der Waals surface area contributed by atoms with E-state index < -0.39 is 0 Å². The van der Waals surface area contributed by atoms with Gasteiger partial charge in [0.15, 0.2) is 11.6 Å². The van der Waals surface area contributed by atoms with Crippen LogP contribution in [0.15, 0.2) is 18.2 Å². The van der Waals surface area contributed by atoms with Gasteiger partial charge in [-0.3, -0.25) is 0 Å². The first-order chi connectivity index (χ1) is 8.13. The van der Waals surface area contributed by atoms with Gasteiger partial charge >= 0.3 is 0 Å². The lowest BCUT2D eigenvalue weighted by Gasteiger charge is -2.23. The van der Waals surface area contributed by atoms with Gasteiger partial charge in [-0.25, -0.2) is 0 Å². The molecule has 1 aliphatic heterocycles. The van der Waals surface area contributed by atoms with Crippen molar-refractivity contribution in [3.63, 3.8) is 0 Å². The fourth-order valence-electron chi connectivity index (χ4n) is 1.75. The SMILES string of the molecule is Nc1ccc2c(c1)Nc1nc(N)nc(N)c1N2. The first-order valence-electron chi connectivity index (χ1n) is 5.00. The Morgan fingerprint density at radius 2 is 1.76 bits per heavy atom. The largest absolute Gasteiger partial charge is 0.399 e. The van der Waals surface area contributed by atoms with Gasteiger partial charge in [0.05, 0.1) is 11.4 Å². The Morgan fingerprint density at radius 1 is 0.941 bits per heavy atom. The quantitative estimate of drug-likeness (QED) is 0.364. The zero-order chi connectivity index (χ0) is 12.0. The van der Waals surface area contributed by atoms with Crippen molar-refractivity contribution in [3.8, 4) is 0 Å². The molecule has 17 heavy (non-hydrogen) atoms. The van der Waals surface area contributed by atoms with Crippen molar-refractivity contribution >= 4 is 40.3 Å². The molecule has 0 spiro atoms. The summed E-state index contributed by atoms with van der Waals surface area (Å²) in [4.78, 5) is 7.97. The number of hydrogen-bond acceptors (Lipinski definition) is 7. The van der Waals surface area contributed by atoms with Gasteiger partial charge in [-0.2, -0.15) is 9.97 Å². The van der Waals surface area contributed by atoms with Gasteiger partial charge in [-0.05, 0) is 18.2 Å². The molecule has 0 saturated heterocycles. The molecule has 7 nitrogen and oxygen atoms in total. The monoisotopic (exact) mass is 229 g/mol. The van der Waals surface area contributed by atoms with E-state index in [2.05, 4.69) is 20.6 Å². The summed E-state index contributed by atoms with van der Waals surface area (Å²) in [5.74, 6) is 0.985. The van der Waals surface area contributed by atoms with Crippen LogP contribution in [0.1, 0.15) is 0 Å². The van der Waals surface area contributed by atoms with Gasteiger partial charge in [0.25, 0.3) is 0 Å². The van der Waals surface area contributed by atoms with Crippen molar-refractivity contribution in [2.75, 3.05) is 27.8 Å². The van der Waals surface area contributed by atoms with E-state index in [0.29, 0.717) is 23.0 Å². The van der Waals surface area contributed by atoms with Crippen LogP contribution in [0.5, 0.6) is 0 Å². The smallest absolute Gasteiger partial charge is 0.224 e. The normalized spacial score (nSPS) is 12.0. The maximum Gasteiger partial charge on any atom is 0.224 e. The third kappa shape index (κ3) is 1.44. The summed E-state index contributed by atoms with van der Waals surface area (Å²) in [6, 6.07) is 5.46. The number of nitrogen functional groups attached to an aromatic ring is 3. The average Bonchev–Trinajstić information content (AvgIpc) is 2.26. The Kier molecular flexibility index (Phi) is 1.76. The van der Waals surface area contributed by atoms with E-state index >= 15 is 0 Å². The molecule has 2 aromatic rings. The summed E-state index contributed by atoms with van der Waals surface area (Å²) in [6.07, 6.45) is 0. The van der Waals surface area contributed by atoms with Crippen molar-refractivity contribution in [2.24, 2.45) is 0 Å². The Hall–Kier alpha value is -2.70. The number of rotatable bonds is 0. The standard InChI is InChI=1S/C10H11N7/c11-4-1-2-5-6(3-4)15-9-7(14-5)8(12)16-10(13)17-9/h1-3,14H,11H2,(H5,12,13,15,16,17). The van der Waals surface area contributed by atoms with Crippen LogP contribution < -0.4 is 27.8 Å². The highest BCUT2D eigenvalue weighted by Gasteiger charge is 2.19. The number of fused-ring (bicyclic) bond motifs is 2. The Balaban J connectivity index is 2.14. The van der Waals surface area contributed by atoms with Crippen molar-refractivity contribution in [1.29, 1.82) is 0 Å². The van der Waals surface area contributed by atoms with Gasteiger partial charge in [0, 0.05) is 5.69 Å². The van der Waals surface area contributed by atoms with Gasteiger partial charge < -0.3 is 27.8 Å². The molecule has 86 valence electrons. The van der Waals surface area contributed by atoms with Crippen molar-refractivity contribution < 1.29 is 0 Å². The number of hydrogen-bond donors (Lipinski definition) is 5. The molecule has 8 N–H and O–H groups in total. The van der Waals surface area contributed by atoms with Crippen LogP contribution >= 0.6 is 0 Å². The third-order valence-corrected chi connectivity index (χ3v) is 2.51. The molecule has 0 radical (unpaired) electrons. The second kappa shape index (κ2) is 3.14. The molecule has 1 aromatic carbocycles. The minimum absolute atomic E-state index is 0.128. The van der Waals surface area contributed by atoms with Crippen molar-refractivity contribution in [1.82, 2.24) is 9.97 Å². The van der Waals surface area contributed by atoms with Crippen LogP contribution in [0.2, 0.25) is 0 Å². The first kappa shape index (κ1) is 9.52. The number of nitrogens with one attached hydrogen (secondary N) is 2. The second-order valence-corrected chi connectivity index (χ2v) is 3.75. The molecule has 0 saturated carbocycles. The van der Waals surface area contributed by atoms with Gasteiger partial charge in [0.2, 0.25) is 5.95 Å². The van der Waals surface area contributed by atoms with Gasteiger partial charge in [0.1, 0.15) is 5.69 Å². The van der Waals surface area contributed by atoms with Gasteiger partial charge in [-0.15, -0.1) is 0 Å². The average molecular weight is 229 g/mol. The van der Waals surface area contributed by atoms with Crippen molar-refractivity contribution in [3.05, 3.63) is 18.2 Å². The van der Waals surface area contributed by atoms with E-state index in [9.17, 15) is 0 Å². The summed E-state index contributed by atoms with van der Waals surface area (Å²) < 4.78 is 0. The van der Waals surface area contributed by atoms with E-state index in [4.69, 9.17) is 17.2 Å². The van der Waals surface area contributed by atoms with Crippen LogP contribution in [0.3, 0.4) is 0 Å². The maximum atomic E-state index is 5.77. The Bertz CT molecular complexity index is 608. The molecule has 2 heterocycles. The number of nitrogens with zero attached hydrogens (tertiary/aromatic N) is 2. The molecule has 0 atom stereocenters. The highest BCUT2D eigenvalue weighted by Crippen LogP contribution is 2.40. The summed E-state index contributed by atoms with van der Waals surface area (Å²) in [6.45, 7) is 0. The lowest BCUT2D eigenvalue weighted by molar-refractivity contribution is 1.18. The highest BCUT2D eigenvalue weighted by molar-refractivity contribution is 5.93. The third-order valence-electron chi connectivity index (χ3n) is 2.51. The topological polar surface area (TPSA) is 128 Å². The lowest BCUT2D eigenvalue weighted by Crippen LogP contribution is -2.13. The molecular weight excluding hydrogens is 218 g/mol. The van der Waals surface area contributed by atoms with E-state index in [-0.39, 0.29) is 5.95 Å². The Labute approximate surface area is 97.0 Å². The molecule has 0 bridgehead atoms. The zero-order valence-electron chi connectivity index (χ0n) is 8.86. The second-order valence-electron chi connectivity index (χ2n) is 3.75. The molecule has 0 aliphatic carbocycles. The molecule has 3 rings (SSSR count). The predicted molar refractivity (Wildman–Crippen MR) is 68.3 cm³/mol. The minimum atomic E-state index is 0.128. The molecule has 0 unspecified atom stereocenters. The summed E-state index contributed by atoms with van der Waals surface area (Å²) >= 11 is 0. The number of anilines is 7. The van der Waals surface area contributed by atoms with E-state index in [0.717, 1.165) is 11.4 Å². The zero-order valence-corrected chi connectivity index (χ0v) is 8.86. The molecule has 0 fully saturated rings. The molecular formula is C10H11N7. The molecule has 1 aromatic heterocycles. The maximum absolute atomic E-state index is 5.77. The highest BCUT2D eigenvalue weighted by atomic mass is 15.2. The van der Waals surface area contributed by atoms with Crippen molar-refractivity contribution in [2.45, 2.75) is 0 Å². The molecule has 1 aliphatic rings. The van der Waals surface area contributed by atoms with Crippen LogP contribution in [0.25, 0.3) is 0 Å². The van der Waals surface area contributed by atoms with E-state index in [1.807, 2.05) is 6.07 Å². The van der Waals surface area contributed by atoms with E-state index in [1.165, 1.54) is 0 Å². The number of aromatic nitrogens is 2. The fourth-order valence-corrected chi connectivity index (χ4v) is 1.75. The Morgan fingerprint density at radius 3 is 2.59 bits per heavy atom. The molecule has 0 amide bonds. The van der Waals surface area contributed by atoms with Crippen LogP contribution in [-0.2, 0) is 0 Å². The number of benzene rings is 1. The first-order valence-corrected chi connectivity index (χ1v) is 5.00. The van der Waals surface area contributed by atoms with Crippen LogP contribution in [0, 0.1) is 0 Å². The number of nitrogens with two attached hydrogens (primary N) is 3. The van der Waals surface area contributed by atoms with Crippen LogP contribution in [-0.4, -0.2) is 9.97 Å². The fraction of sp³-hybridized carbons (Fsp3) is 0. The minimum Gasteiger partial charge on any atom is -0.399 e. The van der Waals surface area contributed by atoms with Gasteiger partial charge in [-0.1, -0.05) is 0 Å². The summed E-state index contributed by atoms with van der Waals surface area (Å²) in [5, 5.41) is 6.25. The summed E-state index contributed by atoms with van der Waals surface area (Å²) in [7, 11) is 0. The molecule has 7 heteroatoms. The summed E-state index contributed by atoms with van der Waals surface area (Å²) in [5.41, 5.74) is 20.0. The van der Waals surface area contributed by atoms with Crippen LogP contribution in [0.4, 0.5) is 40.3 Å². The lowest BCUT2D eigenvalue weighted by atomic mass is 10.2. The van der Waals surface area contributed by atoms with E-state index in [1.54, 1.807) is 12.1 Å². The predicted octanol–water partition coefficient (Wildman–Crippen LogP) is 1.02.